The molecule has 0 radical (unpaired) electrons. The maximum Gasteiger partial charge on any atom is 0.228 e. The number of carbonyl (C=O) groups is 1. The number of halogens is 1. The molecule has 0 saturated heterocycles. The molecule has 0 atom stereocenters. The normalized spacial score (nSPS) is 13.0. The molecular weight excluding hydrogens is 524 g/mol. The molecule has 3 rings (SSSR count). The van der Waals surface area contributed by atoms with E-state index in [1.807, 2.05) is 42.1 Å². The smallest absolute Gasteiger partial charge is 0.228 e. The Bertz CT molecular complexity index is 1040. The highest BCUT2D eigenvalue weighted by Gasteiger charge is 2.13. The van der Waals surface area contributed by atoms with Crippen LogP contribution in [-0.2, 0) is 17.8 Å². The number of unbranched alkanes of at least 4 members (excludes halogenated alkanes) is 11. The number of rotatable bonds is 19. The van der Waals surface area contributed by atoms with E-state index in [1.54, 1.807) is 0 Å². The first-order valence-electron chi connectivity index (χ1n) is 14.9. The molecule has 0 bridgehead atoms. The van der Waals surface area contributed by atoms with Crippen LogP contribution in [0.4, 0.5) is 5.69 Å². The SMILES string of the molecule is CCCCCCCCCCCCCCOc1cc(Cl)ccc1CC(=O)Nc1cccc(CN2C=C(C)SC2)c1. The highest BCUT2D eigenvalue weighted by Crippen LogP contribution is 2.27. The molecule has 1 amide bonds. The number of carbonyl (C=O) groups excluding carboxylic acids is 1. The lowest BCUT2D eigenvalue weighted by molar-refractivity contribution is -0.115. The molecular formula is C33H47ClN2O2S. The number of anilines is 1. The van der Waals surface area contributed by atoms with Crippen LogP contribution in [0.2, 0.25) is 5.02 Å². The first kappa shape index (κ1) is 31.4. The second kappa shape index (κ2) is 18.3. The molecule has 0 fully saturated rings. The highest BCUT2D eigenvalue weighted by atomic mass is 35.5. The van der Waals surface area contributed by atoms with Crippen molar-refractivity contribution in [1.29, 1.82) is 0 Å². The topological polar surface area (TPSA) is 41.6 Å². The lowest BCUT2D eigenvalue weighted by atomic mass is 10.1. The van der Waals surface area contributed by atoms with Gasteiger partial charge in [0.2, 0.25) is 5.91 Å². The molecule has 4 nitrogen and oxygen atoms in total. The van der Waals surface area contributed by atoms with E-state index in [0.717, 1.165) is 30.1 Å². The molecule has 0 aliphatic carbocycles. The predicted molar refractivity (Wildman–Crippen MR) is 169 cm³/mol. The van der Waals surface area contributed by atoms with Crippen LogP contribution in [0.5, 0.6) is 5.75 Å². The van der Waals surface area contributed by atoms with Crippen molar-refractivity contribution in [3.05, 3.63) is 69.7 Å². The highest BCUT2D eigenvalue weighted by molar-refractivity contribution is 8.03. The first-order chi connectivity index (χ1) is 19.0. The number of amides is 1. The summed E-state index contributed by atoms with van der Waals surface area (Å²) in [6, 6.07) is 13.6. The Morgan fingerprint density at radius 3 is 2.31 bits per heavy atom. The monoisotopic (exact) mass is 570 g/mol. The predicted octanol–water partition coefficient (Wildman–Crippen LogP) is 9.97. The van der Waals surface area contributed by atoms with Gasteiger partial charge in [-0.05, 0) is 48.1 Å². The van der Waals surface area contributed by atoms with E-state index in [0.29, 0.717) is 17.4 Å². The molecule has 1 aliphatic heterocycles. The van der Waals surface area contributed by atoms with Crippen LogP contribution >= 0.6 is 23.4 Å². The number of ether oxygens (including phenoxy) is 1. The first-order valence-corrected chi connectivity index (χ1v) is 16.2. The minimum Gasteiger partial charge on any atom is -0.493 e. The van der Waals surface area contributed by atoms with Crippen LogP contribution in [0.15, 0.2) is 53.6 Å². The van der Waals surface area contributed by atoms with Gasteiger partial charge in [0.05, 0.1) is 18.9 Å². The molecule has 0 aromatic heterocycles. The number of nitrogens with one attached hydrogen (secondary N) is 1. The Hall–Kier alpha value is -2.11. The second-order valence-electron chi connectivity index (χ2n) is 10.7. The summed E-state index contributed by atoms with van der Waals surface area (Å²) in [4.78, 5) is 16.5. The van der Waals surface area contributed by atoms with Gasteiger partial charge in [0, 0.05) is 29.0 Å². The van der Waals surface area contributed by atoms with Gasteiger partial charge >= 0.3 is 0 Å². The summed E-state index contributed by atoms with van der Waals surface area (Å²) in [6.45, 7) is 5.89. The van der Waals surface area contributed by atoms with Crippen molar-refractivity contribution in [3.8, 4) is 5.75 Å². The van der Waals surface area contributed by atoms with Gasteiger partial charge in [-0.1, -0.05) is 107 Å². The maximum atomic E-state index is 12.9. The molecule has 2 aromatic rings. The third-order valence-corrected chi connectivity index (χ3v) is 8.31. The number of thioether (sulfide) groups is 1. The quantitative estimate of drug-likeness (QED) is 0.171. The van der Waals surface area contributed by atoms with Crippen LogP contribution in [0, 0.1) is 0 Å². The van der Waals surface area contributed by atoms with Gasteiger partial charge < -0.3 is 15.0 Å². The molecule has 0 unspecified atom stereocenters. The lowest BCUT2D eigenvalue weighted by Crippen LogP contribution is -2.16. The standard InChI is InChI=1S/C33H47ClN2O2S/c1-3-4-5-6-7-8-9-10-11-12-13-14-20-38-32-23-30(34)19-18-29(32)22-33(37)35-31-17-15-16-28(21-31)25-36-24-27(2)39-26-36/h15-19,21,23-24H,3-14,20,22,25-26H2,1-2H3,(H,35,37). The Balaban J connectivity index is 1.35. The second-order valence-corrected chi connectivity index (χ2v) is 12.3. The van der Waals surface area contributed by atoms with Crippen molar-refractivity contribution >= 4 is 35.0 Å². The van der Waals surface area contributed by atoms with E-state index in [4.69, 9.17) is 16.3 Å². The van der Waals surface area contributed by atoms with Crippen molar-refractivity contribution in [1.82, 2.24) is 4.90 Å². The molecule has 1 heterocycles. The van der Waals surface area contributed by atoms with E-state index in [1.165, 1.54) is 81.1 Å². The summed E-state index contributed by atoms with van der Waals surface area (Å²) >= 11 is 8.10. The molecule has 1 aliphatic rings. The Labute approximate surface area is 245 Å². The summed E-state index contributed by atoms with van der Waals surface area (Å²) in [5.74, 6) is 1.63. The molecule has 0 spiro atoms. The van der Waals surface area contributed by atoms with Crippen molar-refractivity contribution < 1.29 is 9.53 Å². The van der Waals surface area contributed by atoms with Crippen molar-refractivity contribution in [3.63, 3.8) is 0 Å². The number of hydrogen-bond donors (Lipinski definition) is 1. The van der Waals surface area contributed by atoms with Crippen LogP contribution < -0.4 is 10.1 Å². The maximum absolute atomic E-state index is 12.9. The van der Waals surface area contributed by atoms with Gasteiger partial charge in [-0.25, -0.2) is 0 Å². The largest absolute Gasteiger partial charge is 0.493 e. The molecule has 6 heteroatoms. The van der Waals surface area contributed by atoms with Crippen LogP contribution in [-0.4, -0.2) is 23.3 Å². The van der Waals surface area contributed by atoms with Gasteiger partial charge in [0.1, 0.15) is 5.75 Å². The minimum absolute atomic E-state index is 0.0582. The van der Waals surface area contributed by atoms with E-state index in [9.17, 15) is 4.79 Å². The summed E-state index contributed by atoms with van der Waals surface area (Å²) in [5, 5.41) is 3.68. The van der Waals surface area contributed by atoms with Gasteiger partial charge in [0.25, 0.3) is 0 Å². The van der Waals surface area contributed by atoms with Gasteiger partial charge in [0.15, 0.2) is 0 Å². The fourth-order valence-corrected chi connectivity index (χ4v) is 5.82. The molecule has 0 saturated carbocycles. The molecule has 2 aromatic carbocycles. The average molecular weight is 571 g/mol. The Kier molecular flexibility index (Phi) is 14.7. The number of benzene rings is 2. The molecule has 214 valence electrons. The summed E-state index contributed by atoms with van der Waals surface area (Å²) in [7, 11) is 0. The van der Waals surface area contributed by atoms with Gasteiger partial charge in [-0.2, -0.15) is 0 Å². The van der Waals surface area contributed by atoms with E-state index in [2.05, 4.69) is 42.4 Å². The zero-order chi connectivity index (χ0) is 27.7. The zero-order valence-electron chi connectivity index (χ0n) is 24.0. The third kappa shape index (κ3) is 12.7. The fraction of sp³-hybridized carbons (Fsp3) is 0.545. The van der Waals surface area contributed by atoms with E-state index < -0.39 is 0 Å². The average Bonchev–Trinajstić information content (AvgIpc) is 3.32. The van der Waals surface area contributed by atoms with E-state index in [-0.39, 0.29) is 12.3 Å². The lowest BCUT2D eigenvalue weighted by Gasteiger charge is -2.15. The summed E-state index contributed by atoms with van der Waals surface area (Å²) in [6.07, 6.45) is 18.2. The fourth-order valence-electron chi connectivity index (χ4n) is 4.90. The van der Waals surface area contributed by atoms with Gasteiger partial charge in [-0.3, -0.25) is 4.79 Å². The van der Waals surface area contributed by atoms with Crippen molar-refractivity contribution in [2.45, 2.75) is 104 Å². The van der Waals surface area contributed by atoms with Crippen molar-refractivity contribution in [2.75, 3.05) is 17.8 Å². The van der Waals surface area contributed by atoms with Crippen LogP contribution in [0.3, 0.4) is 0 Å². The zero-order valence-corrected chi connectivity index (χ0v) is 25.6. The van der Waals surface area contributed by atoms with E-state index >= 15 is 0 Å². The van der Waals surface area contributed by atoms with Crippen LogP contribution in [0.1, 0.15) is 102 Å². The van der Waals surface area contributed by atoms with Crippen molar-refractivity contribution in [2.24, 2.45) is 0 Å². The summed E-state index contributed by atoms with van der Waals surface area (Å²) < 4.78 is 6.09. The number of allylic oxidation sites excluding steroid dienone is 1. The summed E-state index contributed by atoms with van der Waals surface area (Å²) in [5.41, 5.74) is 2.86. The number of hydrogen-bond acceptors (Lipinski definition) is 4. The Morgan fingerprint density at radius 2 is 1.64 bits per heavy atom. The Morgan fingerprint density at radius 1 is 0.949 bits per heavy atom. The van der Waals surface area contributed by atoms with Gasteiger partial charge in [-0.15, -0.1) is 11.8 Å². The number of nitrogens with zero attached hydrogens (tertiary/aromatic N) is 1. The third-order valence-electron chi connectivity index (χ3n) is 7.05. The van der Waals surface area contributed by atoms with Crippen LogP contribution in [0.25, 0.3) is 0 Å². The molecule has 1 N–H and O–H groups in total. The molecule has 39 heavy (non-hydrogen) atoms. The minimum atomic E-state index is -0.0582.